The number of hydrogen-bond acceptors (Lipinski definition) is 4. The number of amides is 1. The van der Waals surface area contributed by atoms with Gasteiger partial charge in [0.05, 0.1) is 6.20 Å². The Morgan fingerprint density at radius 1 is 1.67 bits per heavy atom. The van der Waals surface area contributed by atoms with Crippen LogP contribution < -0.4 is 0 Å². The second-order valence-electron chi connectivity index (χ2n) is 3.06. The Kier molecular flexibility index (Phi) is 3.43. The monoisotopic (exact) mass is 212 g/mol. The SMILES string of the molecule is CCC(C(=O)O)N(C)C(=O)c1ccno1. The number of carboxylic acids is 1. The molecule has 1 unspecified atom stereocenters. The Bertz CT molecular complexity index is 347. The second-order valence-corrected chi connectivity index (χ2v) is 3.06. The van der Waals surface area contributed by atoms with Gasteiger partial charge in [-0.05, 0) is 6.42 Å². The number of aromatic nitrogens is 1. The number of carbonyl (C=O) groups is 2. The molecule has 15 heavy (non-hydrogen) atoms. The first-order valence-corrected chi connectivity index (χ1v) is 4.48. The summed E-state index contributed by atoms with van der Waals surface area (Å²) in [5, 5.41) is 12.2. The predicted molar refractivity (Wildman–Crippen MR) is 50.3 cm³/mol. The van der Waals surface area contributed by atoms with E-state index in [0.717, 1.165) is 4.90 Å². The Hall–Kier alpha value is -1.85. The lowest BCUT2D eigenvalue weighted by Gasteiger charge is -2.22. The van der Waals surface area contributed by atoms with Gasteiger partial charge in [0.15, 0.2) is 0 Å². The van der Waals surface area contributed by atoms with Crippen LogP contribution in [0.15, 0.2) is 16.8 Å². The highest BCUT2D eigenvalue weighted by Gasteiger charge is 2.27. The number of hydrogen-bond donors (Lipinski definition) is 1. The van der Waals surface area contributed by atoms with Crippen LogP contribution in [0.1, 0.15) is 23.9 Å². The van der Waals surface area contributed by atoms with E-state index in [4.69, 9.17) is 5.11 Å². The molecule has 6 heteroatoms. The molecule has 1 atom stereocenters. The van der Waals surface area contributed by atoms with Gasteiger partial charge in [0.1, 0.15) is 6.04 Å². The highest BCUT2D eigenvalue weighted by molar-refractivity contribution is 5.93. The van der Waals surface area contributed by atoms with Crippen molar-refractivity contribution in [2.24, 2.45) is 0 Å². The van der Waals surface area contributed by atoms with Crippen LogP contribution in [0.2, 0.25) is 0 Å². The van der Waals surface area contributed by atoms with Crippen molar-refractivity contribution in [1.29, 1.82) is 0 Å². The largest absolute Gasteiger partial charge is 0.480 e. The molecule has 1 aromatic rings. The van der Waals surface area contributed by atoms with E-state index in [1.54, 1.807) is 6.92 Å². The van der Waals surface area contributed by atoms with Crippen molar-refractivity contribution in [3.8, 4) is 0 Å². The first-order valence-electron chi connectivity index (χ1n) is 4.48. The molecule has 82 valence electrons. The molecule has 0 aromatic carbocycles. The molecule has 0 aliphatic heterocycles. The third kappa shape index (κ3) is 2.34. The maximum Gasteiger partial charge on any atom is 0.326 e. The van der Waals surface area contributed by atoms with Crippen molar-refractivity contribution in [2.75, 3.05) is 7.05 Å². The molecule has 0 bridgehead atoms. The summed E-state index contributed by atoms with van der Waals surface area (Å²) in [5.74, 6) is -1.48. The number of likely N-dealkylation sites (N-methyl/N-ethyl adjacent to an activating group) is 1. The van der Waals surface area contributed by atoms with Gasteiger partial charge in [-0.1, -0.05) is 12.1 Å². The Morgan fingerprint density at radius 2 is 2.33 bits per heavy atom. The van der Waals surface area contributed by atoms with Crippen LogP contribution in [0.5, 0.6) is 0 Å². The zero-order valence-electron chi connectivity index (χ0n) is 8.51. The van der Waals surface area contributed by atoms with E-state index in [1.165, 1.54) is 19.3 Å². The average molecular weight is 212 g/mol. The Balaban J connectivity index is 2.80. The first-order chi connectivity index (χ1) is 7.07. The lowest BCUT2D eigenvalue weighted by molar-refractivity contribution is -0.142. The molecule has 1 N–H and O–H groups in total. The number of rotatable bonds is 4. The molecule has 0 aliphatic rings. The molecule has 1 heterocycles. The fraction of sp³-hybridized carbons (Fsp3) is 0.444. The summed E-state index contributed by atoms with van der Waals surface area (Å²) in [4.78, 5) is 23.6. The molecular weight excluding hydrogens is 200 g/mol. The number of aliphatic carboxylic acids is 1. The van der Waals surface area contributed by atoms with E-state index in [9.17, 15) is 9.59 Å². The van der Waals surface area contributed by atoms with E-state index < -0.39 is 17.9 Å². The molecule has 1 amide bonds. The zero-order valence-corrected chi connectivity index (χ0v) is 8.51. The van der Waals surface area contributed by atoms with Gasteiger partial charge in [0, 0.05) is 13.1 Å². The van der Waals surface area contributed by atoms with Gasteiger partial charge in [-0.25, -0.2) is 4.79 Å². The van der Waals surface area contributed by atoms with Crippen LogP contribution in [0, 0.1) is 0 Å². The van der Waals surface area contributed by atoms with E-state index in [-0.39, 0.29) is 5.76 Å². The normalized spacial score (nSPS) is 12.1. The summed E-state index contributed by atoms with van der Waals surface area (Å²) >= 11 is 0. The van der Waals surface area contributed by atoms with Crippen molar-refractivity contribution in [3.05, 3.63) is 18.0 Å². The summed E-state index contributed by atoms with van der Waals surface area (Å²) < 4.78 is 4.66. The standard InChI is InChI=1S/C9H12N2O4/c1-3-6(9(13)14)11(2)8(12)7-4-5-10-15-7/h4-6H,3H2,1-2H3,(H,13,14). The van der Waals surface area contributed by atoms with Crippen molar-refractivity contribution in [1.82, 2.24) is 10.1 Å². The number of carboxylic acid groups (broad SMARTS) is 1. The highest BCUT2D eigenvalue weighted by Crippen LogP contribution is 2.08. The fourth-order valence-electron chi connectivity index (χ4n) is 1.26. The van der Waals surface area contributed by atoms with Gasteiger partial charge in [-0.15, -0.1) is 0 Å². The minimum absolute atomic E-state index is 0.0391. The van der Waals surface area contributed by atoms with E-state index in [1.807, 2.05) is 0 Å². The average Bonchev–Trinajstić information content (AvgIpc) is 2.69. The maximum absolute atomic E-state index is 11.6. The van der Waals surface area contributed by atoms with E-state index >= 15 is 0 Å². The maximum atomic E-state index is 11.6. The molecule has 0 spiro atoms. The van der Waals surface area contributed by atoms with Crippen LogP contribution in [-0.4, -0.2) is 40.1 Å². The van der Waals surface area contributed by atoms with Gasteiger partial charge < -0.3 is 14.5 Å². The molecule has 0 radical (unpaired) electrons. The van der Waals surface area contributed by atoms with Crippen molar-refractivity contribution in [3.63, 3.8) is 0 Å². The van der Waals surface area contributed by atoms with Crippen LogP contribution >= 0.6 is 0 Å². The van der Waals surface area contributed by atoms with Crippen molar-refractivity contribution < 1.29 is 19.2 Å². The second kappa shape index (κ2) is 4.59. The lowest BCUT2D eigenvalue weighted by atomic mass is 10.2. The summed E-state index contributed by atoms with van der Waals surface area (Å²) in [5.41, 5.74) is 0. The predicted octanol–water partition coefficient (Wildman–Crippen LogP) is 0.610. The smallest absolute Gasteiger partial charge is 0.326 e. The third-order valence-electron chi connectivity index (χ3n) is 2.11. The molecular formula is C9H12N2O4. The zero-order chi connectivity index (χ0) is 11.4. The van der Waals surface area contributed by atoms with Crippen LogP contribution in [0.3, 0.4) is 0 Å². The molecule has 0 fully saturated rings. The van der Waals surface area contributed by atoms with E-state index in [2.05, 4.69) is 9.68 Å². The Labute approximate surface area is 86.5 Å². The highest BCUT2D eigenvalue weighted by atomic mass is 16.5. The third-order valence-corrected chi connectivity index (χ3v) is 2.11. The van der Waals surface area contributed by atoms with Crippen molar-refractivity contribution in [2.45, 2.75) is 19.4 Å². The minimum Gasteiger partial charge on any atom is -0.480 e. The van der Waals surface area contributed by atoms with Crippen LogP contribution in [0.25, 0.3) is 0 Å². The van der Waals surface area contributed by atoms with Gasteiger partial charge in [0.2, 0.25) is 5.76 Å². The van der Waals surface area contributed by atoms with Gasteiger partial charge >= 0.3 is 5.97 Å². The van der Waals surface area contributed by atoms with Gasteiger partial charge in [0.25, 0.3) is 5.91 Å². The summed E-state index contributed by atoms with van der Waals surface area (Å²) in [7, 11) is 1.42. The van der Waals surface area contributed by atoms with E-state index in [0.29, 0.717) is 6.42 Å². The van der Waals surface area contributed by atoms with Crippen LogP contribution in [0.4, 0.5) is 0 Å². The first kappa shape index (κ1) is 11.2. The molecule has 1 aromatic heterocycles. The number of carbonyl (C=O) groups excluding carboxylic acids is 1. The number of nitrogens with zero attached hydrogens (tertiary/aromatic N) is 2. The van der Waals surface area contributed by atoms with Crippen molar-refractivity contribution >= 4 is 11.9 Å². The summed E-state index contributed by atoms with van der Waals surface area (Å²) in [6, 6.07) is 0.551. The quantitative estimate of drug-likeness (QED) is 0.790. The molecule has 0 saturated carbocycles. The summed E-state index contributed by atoms with van der Waals surface area (Å²) in [6.45, 7) is 1.70. The Morgan fingerprint density at radius 3 is 2.73 bits per heavy atom. The molecule has 0 aliphatic carbocycles. The minimum atomic E-state index is -1.03. The van der Waals surface area contributed by atoms with Crippen LogP contribution in [-0.2, 0) is 4.79 Å². The van der Waals surface area contributed by atoms with Gasteiger partial charge in [-0.3, -0.25) is 4.79 Å². The molecule has 1 rings (SSSR count). The lowest BCUT2D eigenvalue weighted by Crippen LogP contribution is -2.41. The molecule has 6 nitrogen and oxygen atoms in total. The van der Waals surface area contributed by atoms with Gasteiger partial charge in [-0.2, -0.15) is 0 Å². The topological polar surface area (TPSA) is 83.6 Å². The fourth-order valence-corrected chi connectivity index (χ4v) is 1.26. The summed E-state index contributed by atoms with van der Waals surface area (Å²) in [6.07, 6.45) is 1.68. The molecule has 0 saturated heterocycles.